The molecule has 25 heavy (non-hydrogen) atoms. The van der Waals surface area contributed by atoms with Crippen molar-refractivity contribution in [2.45, 2.75) is 25.6 Å². The lowest BCUT2D eigenvalue weighted by Crippen LogP contribution is -2.52. The van der Waals surface area contributed by atoms with Gasteiger partial charge in [-0.25, -0.2) is 8.42 Å². The van der Waals surface area contributed by atoms with E-state index < -0.39 is 16.1 Å². The Morgan fingerprint density at radius 2 is 1.76 bits per heavy atom. The van der Waals surface area contributed by atoms with Crippen molar-refractivity contribution in [3.05, 3.63) is 70.8 Å². The van der Waals surface area contributed by atoms with Crippen LogP contribution in [0.25, 0.3) is 0 Å². The molecule has 1 saturated heterocycles. The molecule has 1 heterocycles. The normalized spacial score (nSPS) is 18.8. The fourth-order valence-corrected chi connectivity index (χ4v) is 4.85. The molecule has 1 amide bonds. The van der Waals surface area contributed by atoms with Gasteiger partial charge in [0, 0.05) is 13.1 Å². The number of hydrogen-bond acceptors (Lipinski definition) is 3. The molecule has 2 aromatic rings. The van der Waals surface area contributed by atoms with Gasteiger partial charge in [-0.2, -0.15) is 4.31 Å². The summed E-state index contributed by atoms with van der Waals surface area (Å²) in [5.74, 6) is -0.376. The van der Waals surface area contributed by atoms with Gasteiger partial charge in [-0.3, -0.25) is 4.79 Å². The van der Waals surface area contributed by atoms with Gasteiger partial charge in [-0.15, -0.1) is 0 Å². The monoisotopic (exact) mass is 358 g/mol. The molecule has 0 bridgehead atoms. The summed E-state index contributed by atoms with van der Waals surface area (Å²) < 4.78 is 27.4. The first kappa shape index (κ1) is 17.6. The molecule has 1 fully saturated rings. The van der Waals surface area contributed by atoms with E-state index in [2.05, 4.69) is 5.32 Å². The molecule has 5 nitrogen and oxygen atoms in total. The summed E-state index contributed by atoms with van der Waals surface area (Å²) in [7, 11) is -3.63. The summed E-state index contributed by atoms with van der Waals surface area (Å²) in [6, 6.07) is 14.0. The van der Waals surface area contributed by atoms with Crippen LogP contribution in [-0.4, -0.2) is 31.7 Å². The zero-order valence-corrected chi connectivity index (χ0v) is 15.2. The first-order valence-corrected chi connectivity index (χ1v) is 9.88. The highest BCUT2D eigenvalue weighted by Crippen LogP contribution is 2.28. The number of carbonyl (C=O) groups is 1. The summed E-state index contributed by atoms with van der Waals surface area (Å²) in [5.41, 5.74) is 3.45. The second-order valence-corrected chi connectivity index (χ2v) is 8.32. The molecular weight excluding hydrogens is 336 g/mol. The predicted octanol–water partition coefficient (Wildman–Crippen LogP) is 2.31. The number of aryl methyl sites for hydroxylation is 2. The molecular formula is C19H22N2O3S. The zero-order valence-electron chi connectivity index (χ0n) is 14.4. The number of nitrogens with one attached hydrogen (secondary N) is 1. The van der Waals surface area contributed by atoms with Crippen LogP contribution in [0.4, 0.5) is 0 Å². The van der Waals surface area contributed by atoms with Crippen LogP contribution in [0.5, 0.6) is 0 Å². The van der Waals surface area contributed by atoms with Crippen LogP contribution in [0.3, 0.4) is 0 Å². The summed E-state index contributed by atoms with van der Waals surface area (Å²) in [6.45, 7) is 4.45. The SMILES string of the molecule is Cc1ccc(C2C(=O)NCCN2S(=O)(=O)Cc2ccccc2C)cc1. The average Bonchev–Trinajstić information content (AvgIpc) is 2.58. The van der Waals surface area contributed by atoms with E-state index in [1.165, 1.54) is 4.31 Å². The van der Waals surface area contributed by atoms with E-state index in [1.807, 2.05) is 62.4 Å². The second-order valence-electron chi connectivity index (χ2n) is 6.40. The van der Waals surface area contributed by atoms with Crippen molar-refractivity contribution in [1.82, 2.24) is 9.62 Å². The largest absolute Gasteiger partial charge is 0.353 e. The first-order valence-electron chi connectivity index (χ1n) is 8.27. The number of benzene rings is 2. The molecule has 1 atom stereocenters. The fourth-order valence-electron chi connectivity index (χ4n) is 3.06. The number of sulfonamides is 1. The quantitative estimate of drug-likeness (QED) is 0.912. The van der Waals surface area contributed by atoms with E-state index in [-0.39, 0.29) is 18.2 Å². The van der Waals surface area contributed by atoms with Crippen LogP contribution in [0.1, 0.15) is 28.3 Å². The summed E-state index contributed by atoms with van der Waals surface area (Å²) in [4.78, 5) is 12.4. The Morgan fingerprint density at radius 1 is 1.08 bits per heavy atom. The van der Waals surface area contributed by atoms with Gasteiger partial charge in [-0.1, -0.05) is 54.1 Å². The Kier molecular flexibility index (Phi) is 4.92. The molecule has 2 aromatic carbocycles. The summed E-state index contributed by atoms with van der Waals surface area (Å²) in [5, 5.41) is 2.78. The number of carbonyl (C=O) groups excluding carboxylic acids is 1. The second kappa shape index (κ2) is 6.98. The Bertz CT molecular complexity index is 876. The van der Waals surface area contributed by atoms with E-state index in [4.69, 9.17) is 0 Å². The molecule has 1 aliphatic heterocycles. The zero-order chi connectivity index (χ0) is 18.0. The number of nitrogens with zero attached hydrogens (tertiary/aromatic N) is 1. The van der Waals surface area contributed by atoms with Crippen LogP contribution < -0.4 is 5.32 Å². The number of rotatable bonds is 4. The lowest BCUT2D eigenvalue weighted by Gasteiger charge is -2.34. The van der Waals surface area contributed by atoms with Gasteiger partial charge in [0.15, 0.2) is 0 Å². The van der Waals surface area contributed by atoms with Crippen LogP contribution >= 0.6 is 0 Å². The van der Waals surface area contributed by atoms with Crippen molar-refractivity contribution in [2.75, 3.05) is 13.1 Å². The minimum Gasteiger partial charge on any atom is -0.353 e. The first-order chi connectivity index (χ1) is 11.9. The average molecular weight is 358 g/mol. The lowest BCUT2D eigenvalue weighted by atomic mass is 10.0. The third kappa shape index (κ3) is 3.75. The molecule has 1 N–H and O–H groups in total. The molecule has 3 rings (SSSR count). The topological polar surface area (TPSA) is 66.5 Å². The maximum atomic E-state index is 13.0. The van der Waals surface area contributed by atoms with Gasteiger partial charge in [0.1, 0.15) is 6.04 Å². The maximum absolute atomic E-state index is 13.0. The van der Waals surface area contributed by atoms with Crippen molar-refractivity contribution in [3.8, 4) is 0 Å². The van der Waals surface area contributed by atoms with Crippen molar-refractivity contribution in [3.63, 3.8) is 0 Å². The minimum absolute atomic E-state index is 0.102. The van der Waals surface area contributed by atoms with E-state index in [0.29, 0.717) is 12.1 Å². The predicted molar refractivity (Wildman–Crippen MR) is 97.4 cm³/mol. The third-order valence-electron chi connectivity index (χ3n) is 4.52. The molecule has 0 radical (unpaired) electrons. The number of amides is 1. The fraction of sp³-hybridized carbons (Fsp3) is 0.316. The Labute approximate surface area is 148 Å². The highest BCUT2D eigenvalue weighted by atomic mass is 32.2. The van der Waals surface area contributed by atoms with Crippen molar-refractivity contribution >= 4 is 15.9 Å². The lowest BCUT2D eigenvalue weighted by molar-refractivity contribution is -0.126. The van der Waals surface area contributed by atoms with Gasteiger partial charge in [0.25, 0.3) is 0 Å². The van der Waals surface area contributed by atoms with Crippen LogP contribution in [0.2, 0.25) is 0 Å². The molecule has 1 unspecified atom stereocenters. The molecule has 0 aliphatic carbocycles. The molecule has 132 valence electrons. The molecule has 0 aromatic heterocycles. The molecule has 0 spiro atoms. The Balaban J connectivity index is 1.95. The summed E-state index contributed by atoms with van der Waals surface area (Å²) in [6.07, 6.45) is 0. The highest BCUT2D eigenvalue weighted by molar-refractivity contribution is 7.88. The van der Waals surface area contributed by atoms with E-state index in [1.54, 1.807) is 0 Å². The van der Waals surface area contributed by atoms with Crippen molar-refractivity contribution in [1.29, 1.82) is 0 Å². The van der Waals surface area contributed by atoms with Crippen molar-refractivity contribution < 1.29 is 13.2 Å². The van der Waals surface area contributed by atoms with Crippen molar-refractivity contribution in [2.24, 2.45) is 0 Å². The maximum Gasteiger partial charge on any atom is 0.243 e. The molecule has 1 aliphatic rings. The van der Waals surface area contributed by atoms with Crippen LogP contribution in [-0.2, 0) is 20.6 Å². The van der Waals surface area contributed by atoms with E-state index >= 15 is 0 Å². The van der Waals surface area contributed by atoms with Gasteiger partial charge < -0.3 is 5.32 Å². The number of piperazine rings is 1. The van der Waals surface area contributed by atoms with Gasteiger partial charge >= 0.3 is 0 Å². The Hall–Kier alpha value is -2.18. The third-order valence-corrected chi connectivity index (χ3v) is 6.30. The molecule has 0 saturated carbocycles. The minimum atomic E-state index is -3.63. The van der Waals surface area contributed by atoms with E-state index in [0.717, 1.165) is 16.7 Å². The van der Waals surface area contributed by atoms with Gasteiger partial charge in [0.05, 0.1) is 5.75 Å². The van der Waals surface area contributed by atoms with Gasteiger partial charge in [0.2, 0.25) is 15.9 Å². The van der Waals surface area contributed by atoms with Gasteiger partial charge in [-0.05, 0) is 30.5 Å². The van der Waals surface area contributed by atoms with Crippen LogP contribution in [0.15, 0.2) is 48.5 Å². The van der Waals surface area contributed by atoms with Crippen LogP contribution in [0, 0.1) is 13.8 Å². The number of hydrogen-bond donors (Lipinski definition) is 1. The summed E-state index contributed by atoms with van der Waals surface area (Å²) >= 11 is 0. The standard InChI is InChI=1S/C19H22N2O3S/c1-14-7-9-16(10-8-14)18-19(22)20-11-12-21(18)25(23,24)13-17-6-4-3-5-15(17)2/h3-10,18H,11-13H2,1-2H3,(H,20,22). The highest BCUT2D eigenvalue weighted by Gasteiger charge is 2.38. The Morgan fingerprint density at radius 3 is 2.44 bits per heavy atom. The van der Waals surface area contributed by atoms with E-state index in [9.17, 15) is 13.2 Å². The molecule has 6 heteroatoms. The smallest absolute Gasteiger partial charge is 0.243 e.